The van der Waals surface area contributed by atoms with E-state index in [4.69, 9.17) is 20.1 Å². The summed E-state index contributed by atoms with van der Waals surface area (Å²) in [4.78, 5) is 12.9. The van der Waals surface area contributed by atoms with Crippen LogP contribution in [0.4, 0.5) is 17.6 Å². The third kappa shape index (κ3) is 5.31. The molecule has 7 nitrogen and oxygen atoms in total. The number of nitrogens with two attached hydrogens (primary N) is 1. The van der Waals surface area contributed by atoms with E-state index in [0.29, 0.717) is 17.0 Å². The highest BCUT2D eigenvalue weighted by Gasteiger charge is 2.38. The van der Waals surface area contributed by atoms with Crippen molar-refractivity contribution in [3.63, 3.8) is 0 Å². The monoisotopic (exact) mass is 384 g/mol. The topological polar surface area (TPSA) is 115 Å². The summed E-state index contributed by atoms with van der Waals surface area (Å²) < 4.78 is 50.7. The molecule has 0 fully saturated rings. The molecule has 0 radical (unpaired) electrons. The fourth-order valence-corrected chi connectivity index (χ4v) is 1.86. The Hall–Kier alpha value is -3.34. The molecule has 0 atom stereocenters. The predicted molar refractivity (Wildman–Crippen MR) is 84.5 cm³/mol. The summed E-state index contributed by atoms with van der Waals surface area (Å²) in [6.45, 7) is 0.264. The first-order valence-electron chi connectivity index (χ1n) is 7.25. The van der Waals surface area contributed by atoms with Gasteiger partial charge in [0.2, 0.25) is 11.8 Å². The van der Waals surface area contributed by atoms with Gasteiger partial charge in [0, 0.05) is 24.5 Å². The molecule has 27 heavy (non-hydrogen) atoms. The molecule has 0 saturated heterocycles. The zero-order chi connectivity index (χ0) is 20.0. The highest BCUT2D eigenvalue weighted by Crippen LogP contribution is 2.26. The Labute approximate surface area is 149 Å². The highest BCUT2D eigenvalue weighted by molar-refractivity contribution is 5.73. The lowest BCUT2D eigenvalue weighted by atomic mass is 10.1. The molecule has 11 heteroatoms. The van der Waals surface area contributed by atoms with Gasteiger partial charge in [-0.05, 0) is 29.8 Å². The van der Waals surface area contributed by atoms with Gasteiger partial charge in [0.15, 0.2) is 0 Å². The maximum atomic E-state index is 13.4. The SMILES string of the molecule is NCc1ccc(F)cc1-c1nnc(-c2cccnc2)o1.O=C(O)C(F)(F)F. The fourth-order valence-electron chi connectivity index (χ4n) is 1.86. The van der Waals surface area contributed by atoms with Crippen molar-refractivity contribution in [2.24, 2.45) is 5.73 Å². The summed E-state index contributed by atoms with van der Waals surface area (Å²) in [6, 6.07) is 7.87. The number of halogens is 4. The molecule has 3 rings (SSSR count). The van der Waals surface area contributed by atoms with Crippen LogP contribution in [0.15, 0.2) is 47.1 Å². The minimum atomic E-state index is -5.08. The Morgan fingerprint density at radius 3 is 2.41 bits per heavy atom. The van der Waals surface area contributed by atoms with E-state index in [0.717, 1.165) is 5.56 Å². The van der Waals surface area contributed by atoms with Crippen LogP contribution in [-0.4, -0.2) is 32.4 Å². The number of carbonyl (C=O) groups is 1. The maximum Gasteiger partial charge on any atom is 0.490 e. The first-order chi connectivity index (χ1) is 12.7. The molecule has 2 aromatic heterocycles. The van der Waals surface area contributed by atoms with E-state index in [1.807, 2.05) is 0 Å². The van der Waals surface area contributed by atoms with Gasteiger partial charge in [-0.2, -0.15) is 13.2 Å². The van der Waals surface area contributed by atoms with E-state index in [-0.39, 0.29) is 18.3 Å². The van der Waals surface area contributed by atoms with Gasteiger partial charge < -0.3 is 15.3 Å². The molecule has 0 amide bonds. The molecule has 0 saturated carbocycles. The van der Waals surface area contributed by atoms with Crippen LogP contribution in [-0.2, 0) is 11.3 Å². The normalized spacial score (nSPS) is 10.9. The fraction of sp³-hybridized carbons (Fsp3) is 0.125. The quantitative estimate of drug-likeness (QED) is 0.667. The number of hydrogen-bond donors (Lipinski definition) is 2. The van der Waals surface area contributed by atoms with Gasteiger partial charge >= 0.3 is 12.1 Å². The summed E-state index contributed by atoms with van der Waals surface area (Å²) in [5.74, 6) is -2.56. The number of carboxylic acids is 1. The molecule has 3 aromatic rings. The predicted octanol–water partition coefficient (Wildman–Crippen LogP) is 3.03. The zero-order valence-electron chi connectivity index (χ0n) is 13.4. The van der Waals surface area contributed by atoms with E-state index in [9.17, 15) is 17.6 Å². The second-order valence-corrected chi connectivity index (χ2v) is 4.96. The van der Waals surface area contributed by atoms with Crippen molar-refractivity contribution in [1.82, 2.24) is 15.2 Å². The highest BCUT2D eigenvalue weighted by atomic mass is 19.4. The van der Waals surface area contributed by atoms with Crippen molar-refractivity contribution < 1.29 is 31.9 Å². The zero-order valence-corrected chi connectivity index (χ0v) is 13.4. The van der Waals surface area contributed by atoms with Gasteiger partial charge in [-0.1, -0.05) is 6.07 Å². The summed E-state index contributed by atoms with van der Waals surface area (Å²) in [7, 11) is 0. The summed E-state index contributed by atoms with van der Waals surface area (Å²) >= 11 is 0. The number of aliphatic carboxylic acids is 1. The molecule has 0 bridgehead atoms. The van der Waals surface area contributed by atoms with Crippen molar-refractivity contribution in [3.8, 4) is 22.9 Å². The summed E-state index contributed by atoms with van der Waals surface area (Å²) in [5.41, 5.74) is 7.59. The standard InChI is InChI=1S/C14H11FN4O.C2HF3O2/c15-11-4-3-9(7-16)12(6-11)14-19-18-13(20-14)10-2-1-5-17-8-10;3-2(4,5)1(6)7/h1-6,8H,7,16H2;(H,6,7). The molecule has 0 aliphatic heterocycles. The summed E-state index contributed by atoms with van der Waals surface area (Å²) in [5, 5.41) is 15.0. The van der Waals surface area contributed by atoms with Crippen LogP contribution in [0.1, 0.15) is 5.56 Å². The molecule has 0 spiro atoms. The molecule has 2 heterocycles. The molecule has 1 aromatic carbocycles. The average Bonchev–Trinajstić information content (AvgIpc) is 3.12. The van der Waals surface area contributed by atoms with Gasteiger partial charge in [-0.15, -0.1) is 10.2 Å². The van der Waals surface area contributed by atoms with Crippen molar-refractivity contribution in [2.45, 2.75) is 12.7 Å². The van der Waals surface area contributed by atoms with Crippen molar-refractivity contribution in [3.05, 3.63) is 54.1 Å². The van der Waals surface area contributed by atoms with Crippen molar-refractivity contribution >= 4 is 5.97 Å². The van der Waals surface area contributed by atoms with Crippen molar-refractivity contribution in [2.75, 3.05) is 0 Å². The van der Waals surface area contributed by atoms with Gasteiger partial charge in [0.05, 0.1) is 5.56 Å². The molecule has 142 valence electrons. The minimum absolute atomic E-state index is 0.240. The molecule has 0 aliphatic rings. The van der Waals surface area contributed by atoms with Gasteiger partial charge in [0.25, 0.3) is 0 Å². The Kier molecular flexibility index (Phi) is 6.19. The third-order valence-corrected chi connectivity index (χ3v) is 3.10. The van der Waals surface area contributed by atoms with Gasteiger partial charge in [0.1, 0.15) is 5.82 Å². The number of hydrogen-bond acceptors (Lipinski definition) is 6. The Morgan fingerprint density at radius 1 is 1.19 bits per heavy atom. The van der Waals surface area contributed by atoms with Crippen LogP contribution < -0.4 is 5.73 Å². The number of pyridine rings is 1. The van der Waals surface area contributed by atoms with Gasteiger partial charge in [-0.25, -0.2) is 9.18 Å². The lowest BCUT2D eigenvalue weighted by molar-refractivity contribution is -0.192. The van der Waals surface area contributed by atoms with Crippen LogP contribution in [0.3, 0.4) is 0 Å². The van der Waals surface area contributed by atoms with E-state index < -0.39 is 12.1 Å². The number of carboxylic acid groups (broad SMARTS) is 1. The average molecular weight is 384 g/mol. The smallest absolute Gasteiger partial charge is 0.475 e. The van der Waals surface area contributed by atoms with Crippen LogP contribution in [0.5, 0.6) is 0 Å². The largest absolute Gasteiger partial charge is 0.490 e. The summed E-state index contributed by atoms with van der Waals surface area (Å²) in [6.07, 6.45) is -1.81. The number of benzene rings is 1. The maximum absolute atomic E-state index is 13.4. The van der Waals surface area contributed by atoms with E-state index >= 15 is 0 Å². The molecular formula is C16H12F4N4O3. The molecule has 3 N–H and O–H groups in total. The van der Waals surface area contributed by atoms with Crippen LogP contribution in [0, 0.1) is 5.82 Å². The first kappa shape index (κ1) is 20.0. The lowest BCUT2D eigenvalue weighted by Gasteiger charge is -2.03. The van der Waals surface area contributed by atoms with Gasteiger partial charge in [-0.3, -0.25) is 4.98 Å². The first-order valence-corrected chi connectivity index (χ1v) is 7.25. The van der Waals surface area contributed by atoms with Crippen molar-refractivity contribution in [1.29, 1.82) is 0 Å². The number of nitrogens with zero attached hydrogens (tertiary/aromatic N) is 3. The van der Waals surface area contributed by atoms with E-state index in [1.54, 1.807) is 30.6 Å². The van der Waals surface area contributed by atoms with Crippen LogP contribution >= 0.6 is 0 Å². The lowest BCUT2D eigenvalue weighted by Crippen LogP contribution is -2.21. The number of aromatic nitrogens is 3. The molecule has 0 unspecified atom stereocenters. The van der Waals surface area contributed by atoms with Crippen LogP contribution in [0.25, 0.3) is 22.9 Å². The number of rotatable bonds is 3. The van der Waals surface area contributed by atoms with E-state index in [1.165, 1.54) is 12.1 Å². The molecular weight excluding hydrogens is 372 g/mol. The van der Waals surface area contributed by atoms with Crippen LogP contribution in [0.2, 0.25) is 0 Å². The minimum Gasteiger partial charge on any atom is -0.475 e. The Bertz CT molecular complexity index is 914. The second kappa shape index (κ2) is 8.36. The van der Waals surface area contributed by atoms with E-state index in [2.05, 4.69) is 15.2 Å². The second-order valence-electron chi connectivity index (χ2n) is 4.96. The third-order valence-electron chi connectivity index (χ3n) is 3.10. The number of alkyl halides is 3. The Balaban J connectivity index is 0.000000321. The molecule has 0 aliphatic carbocycles. The Morgan fingerprint density at radius 2 is 1.85 bits per heavy atom.